The number of fused-ring (bicyclic) bond motifs is 5. The van der Waals surface area contributed by atoms with Gasteiger partial charge in [0.2, 0.25) is 0 Å². The van der Waals surface area contributed by atoms with Crippen molar-refractivity contribution in [1.82, 2.24) is 9.55 Å². The molecule has 0 N–H and O–H groups in total. The van der Waals surface area contributed by atoms with E-state index in [1.165, 1.54) is 18.4 Å². The number of hydrogen-bond donors (Lipinski definition) is 0. The number of aromatic nitrogens is 2. The first-order valence-electron chi connectivity index (χ1n) is 13.1. The topological polar surface area (TPSA) is 55.2 Å². The second-order valence-corrected chi connectivity index (χ2v) is 10.6. The number of anilines is 1. The van der Waals surface area contributed by atoms with Gasteiger partial charge >= 0.3 is 0 Å². The third kappa shape index (κ3) is 3.01. The van der Waals surface area contributed by atoms with Crippen molar-refractivity contribution in [3.8, 4) is 11.4 Å². The SMILES string of the molecule is CC[C]1C(=O)Cc2c1cc1n(c2=O)Cc2c-1nc1cc(N3CCCCC3)c(F)cc1c2C1CCC1. The molecule has 179 valence electrons. The van der Waals surface area contributed by atoms with Crippen LogP contribution in [0.1, 0.15) is 80.0 Å². The summed E-state index contributed by atoms with van der Waals surface area (Å²) in [5.74, 6) is 1.02. The largest absolute Gasteiger partial charge is 0.369 e. The van der Waals surface area contributed by atoms with E-state index in [0.29, 0.717) is 30.1 Å². The summed E-state index contributed by atoms with van der Waals surface area (Å²) in [6, 6.07) is 5.65. The number of carbonyl (C=O) groups excluding carboxylic acids is 1. The quantitative estimate of drug-likeness (QED) is 0.409. The van der Waals surface area contributed by atoms with Crippen molar-refractivity contribution >= 4 is 22.4 Å². The van der Waals surface area contributed by atoms with Gasteiger partial charge in [-0.2, -0.15) is 0 Å². The second-order valence-electron chi connectivity index (χ2n) is 10.6. The fraction of sp³-hybridized carbons (Fsp3) is 0.448. The summed E-state index contributed by atoms with van der Waals surface area (Å²) >= 11 is 0. The van der Waals surface area contributed by atoms with Crippen LogP contribution < -0.4 is 10.5 Å². The van der Waals surface area contributed by atoms with Crippen molar-refractivity contribution in [2.24, 2.45) is 0 Å². The summed E-state index contributed by atoms with van der Waals surface area (Å²) < 4.78 is 17.3. The zero-order valence-electron chi connectivity index (χ0n) is 20.1. The van der Waals surface area contributed by atoms with E-state index in [4.69, 9.17) is 4.98 Å². The Bertz CT molecular complexity index is 1460. The third-order valence-corrected chi connectivity index (χ3v) is 8.72. The van der Waals surface area contributed by atoms with Crippen molar-refractivity contribution in [2.75, 3.05) is 18.0 Å². The highest BCUT2D eigenvalue weighted by Crippen LogP contribution is 2.47. The maximum atomic E-state index is 15.5. The van der Waals surface area contributed by atoms with Crippen molar-refractivity contribution in [3.05, 3.63) is 62.5 Å². The molecule has 1 saturated carbocycles. The number of benzene rings is 1. The van der Waals surface area contributed by atoms with Gasteiger partial charge in [0.1, 0.15) is 11.6 Å². The minimum Gasteiger partial charge on any atom is -0.369 e. The Hall–Kier alpha value is -3.02. The van der Waals surface area contributed by atoms with Crippen molar-refractivity contribution in [1.29, 1.82) is 0 Å². The molecule has 0 spiro atoms. The van der Waals surface area contributed by atoms with E-state index in [0.717, 1.165) is 78.1 Å². The molecule has 0 bridgehead atoms. The van der Waals surface area contributed by atoms with Crippen LogP contribution >= 0.6 is 0 Å². The molecule has 2 aromatic heterocycles. The van der Waals surface area contributed by atoms with E-state index in [-0.39, 0.29) is 23.6 Å². The molecule has 6 heteroatoms. The molecule has 3 aromatic rings. The van der Waals surface area contributed by atoms with Crippen LogP contribution in [0.2, 0.25) is 0 Å². The lowest BCUT2D eigenvalue weighted by atomic mass is 9.76. The molecule has 35 heavy (non-hydrogen) atoms. The number of carbonyl (C=O) groups is 1. The number of hydrogen-bond acceptors (Lipinski definition) is 4. The Morgan fingerprint density at radius 1 is 1.03 bits per heavy atom. The Kier molecular flexibility index (Phi) is 4.71. The molecule has 0 atom stereocenters. The highest BCUT2D eigenvalue weighted by atomic mass is 19.1. The fourth-order valence-corrected chi connectivity index (χ4v) is 6.70. The van der Waals surface area contributed by atoms with Gasteiger partial charge in [-0.15, -0.1) is 0 Å². The lowest BCUT2D eigenvalue weighted by molar-refractivity contribution is -0.115. The van der Waals surface area contributed by atoms with Gasteiger partial charge < -0.3 is 9.47 Å². The van der Waals surface area contributed by atoms with Gasteiger partial charge in [-0.1, -0.05) is 13.3 Å². The lowest BCUT2D eigenvalue weighted by Crippen LogP contribution is -2.30. The van der Waals surface area contributed by atoms with Gasteiger partial charge in [0.25, 0.3) is 5.56 Å². The summed E-state index contributed by atoms with van der Waals surface area (Å²) in [4.78, 5) is 33.3. The normalized spacial score (nSPS) is 19.7. The molecule has 7 rings (SSSR count). The first kappa shape index (κ1) is 21.3. The molecule has 2 fully saturated rings. The summed E-state index contributed by atoms with van der Waals surface area (Å²) in [7, 11) is 0. The van der Waals surface area contributed by atoms with E-state index < -0.39 is 0 Å². The van der Waals surface area contributed by atoms with E-state index >= 15 is 4.39 Å². The second kappa shape index (κ2) is 7.74. The molecule has 0 amide bonds. The van der Waals surface area contributed by atoms with Crippen molar-refractivity contribution in [3.63, 3.8) is 0 Å². The van der Waals surface area contributed by atoms with Crippen LogP contribution in [0.4, 0.5) is 10.1 Å². The van der Waals surface area contributed by atoms with E-state index in [1.54, 1.807) is 10.6 Å². The standard InChI is InChI=1S/C29H29FN3O2/c1-2-17-18-12-25-28-21(15-33(25)29(35)19(18)13-26(17)34)27(16-7-6-8-16)20-11-22(30)24(14-23(20)31-28)32-9-4-3-5-10-32/h11-12,14,16H,2-10,13,15H2,1H3. The number of piperidine rings is 1. The van der Waals surface area contributed by atoms with Gasteiger partial charge in [-0.3, -0.25) is 9.59 Å². The number of pyridine rings is 2. The predicted molar refractivity (Wildman–Crippen MR) is 135 cm³/mol. The molecule has 5 nitrogen and oxygen atoms in total. The van der Waals surface area contributed by atoms with E-state index in [9.17, 15) is 9.59 Å². The number of rotatable bonds is 3. The number of nitrogens with zero attached hydrogens (tertiary/aromatic N) is 3. The first-order valence-corrected chi connectivity index (χ1v) is 13.1. The van der Waals surface area contributed by atoms with Gasteiger partial charge in [0, 0.05) is 36.0 Å². The van der Waals surface area contributed by atoms with Crippen molar-refractivity contribution in [2.45, 2.75) is 70.8 Å². The van der Waals surface area contributed by atoms with E-state index in [2.05, 4.69) is 4.90 Å². The van der Waals surface area contributed by atoms with Crippen LogP contribution in [0.5, 0.6) is 0 Å². The average Bonchev–Trinajstić information content (AvgIpc) is 3.36. The predicted octanol–water partition coefficient (Wildman–Crippen LogP) is 5.28. The molecule has 2 aliphatic carbocycles. The number of Topliss-reactive ketones (excluding diaryl/α,β-unsaturated/α-hetero) is 1. The summed E-state index contributed by atoms with van der Waals surface area (Å²) in [6.07, 6.45) is 7.53. The minimum atomic E-state index is -0.172. The smallest absolute Gasteiger partial charge is 0.255 e. The van der Waals surface area contributed by atoms with Crippen LogP contribution in [0.3, 0.4) is 0 Å². The van der Waals surface area contributed by atoms with Crippen LogP contribution in [-0.4, -0.2) is 28.4 Å². The Morgan fingerprint density at radius 2 is 1.83 bits per heavy atom. The van der Waals surface area contributed by atoms with E-state index in [1.807, 2.05) is 19.1 Å². The average molecular weight is 471 g/mol. The highest BCUT2D eigenvalue weighted by Gasteiger charge is 2.37. The van der Waals surface area contributed by atoms with Crippen LogP contribution in [-0.2, 0) is 17.8 Å². The molecule has 1 aromatic carbocycles. The maximum absolute atomic E-state index is 15.5. The van der Waals surface area contributed by atoms with Crippen molar-refractivity contribution < 1.29 is 9.18 Å². The Morgan fingerprint density at radius 3 is 2.54 bits per heavy atom. The monoisotopic (exact) mass is 470 g/mol. The summed E-state index contributed by atoms with van der Waals surface area (Å²) in [6.45, 7) is 4.17. The maximum Gasteiger partial charge on any atom is 0.255 e. The summed E-state index contributed by atoms with van der Waals surface area (Å²) in [5, 5.41) is 0.899. The molecule has 0 unspecified atom stereocenters. The first-order chi connectivity index (χ1) is 17.0. The molecule has 4 heterocycles. The Balaban J connectivity index is 1.46. The summed E-state index contributed by atoms with van der Waals surface area (Å²) in [5.41, 5.74) is 6.69. The van der Waals surface area contributed by atoms with Gasteiger partial charge in [-0.25, -0.2) is 9.37 Å². The fourth-order valence-electron chi connectivity index (χ4n) is 6.70. The zero-order chi connectivity index (χ0) is 23.8. The molecule has 4 aliphatic rings. The Labute approximate surface area is 204 Å². The minimum absolute atomic E-state index is 0.0624. The highest BCUT2D eigenvalue weighted by molar-refractivity contribution is 6.02. The van der Waals surface area contributed by atoms with Crippen LogP contribution in [0.15, 0.2) is 23.0 Å². The third-order valence-electron chi connectivity index (χ3n) is 8.72. The number of halogens is 1. The molecular weight excluding hydrogens is 441 g/mol. The molecule has 1 saturated heterocycles. The van der Waals surface area contributed by atoms with Crippen LogP contribution in [0, 0.1) is 11.7 Å². The zero-order valence-corrected chi connectivity index (χ0v) is 20.1. The van der Waals surface area contributed by atoms with Crippen LogP contribution in [0.25, 0.3) is 22.3 Å². The molecule has 2 aliphatic heterocycles. The number of ketones is 1. The lowest BCUT2D eigenvalue weighted by Gasteiger charge is -2.31. The van der Waals surface area contributed by atoms with Gasteiger partial charge in [0.15, 0.2) is 0 Å². The van der Waals surface area contributed by atoms with Gasteiger partial charge in [-0.05, 0) is 73.8 Å². The molecule has 1 radical (unpaired) electrons. The molecular formula is C29H29FN3O2. The van der Waals surface area contributed by atoms with Gasteiger partial charge in [0.05, 0.1) is 35.1 Å².